The van der Waals surface area contributed by atoms with E-state index in [0.29, 0.717) is 23.7 Å². The van der Waals surface area contributed by atoms with Gasteiger partial charge in [-0.15, -0.1) is 0 Å². The zero-order valence-electron chi connectivity index (χ0n) is 9.73. The summed E-state index contributed by atoms with van der Waals surface area (Å²) in [6, 6.07) is 1.54. The summed E-state index contributed by atoms with van der Waals surface area (Å²) in [5, 5.41) is 12.8. The van der Waals surface area contributed by atoms with E-state index in [0.717, 1.165) is 0 Å². The molecule has 0 radical (unpaired) electrons. The number of carbonyl (C=O) groups is 1. The van der Waals surface area contributed by atoms with Crippen molar-refractivity contribution >= 4 is 5.97 Å². The van der Waals surface area contributed by atoms with Crippen molar-refractivity contribution in [2.24, 2.45) is 5.92 Å². The van der Waals surface area contributed by atoms with Crippen LogP contribution in [0.15, 0.2) is 10.9 Å². The number of hydrogen-bond acceptors (Lipinski definition) is 3. The van der Waals surface area contributed by atoms with Gasteiger partial charge >= 0.3 is 5.97 Å². The van der Waals surface area contributed by atoms with E-state index >= 15 is 0 Å². The molecule has 88 valence electrons. The first-order valence-corrected chi connectivity index (χ1v) is 5.19. The predicted octanol–water partition coefficient (Wildman–Crippen LogP) is 0.835. The first-order chi connectivity index (χ1) is 7.40. The molecule has 0 aliphatic carbocycles. The summed E-state index contributed by atoms with van der Waals surface area (Å²) in [4.78, 5) is 22.4. The Morgan fingerprint density at radius 3 is 2.69 bits per heavy atom. The molecule has 0 fully saturated rings. The lowest BCUT2D eigenvalue weighted by molar-refractivity contribution is -0.136. The maximum Gasteiger partial charge on any atom is 0.308 e. The van der Waals surface area contributed by atoms with Crippen LogP contribution in [0.1, 0.15) is 25.1 Å². The Morgan fingerprint density at radius 1 is 1.56 bits per heavy atom. The standard InChI is InChI=1S/C11H16N2O3/c1-7(2)6-13-11(16)9(5-10(14)15)4-8(3)12-13/h4,7H,5-6H2,1-3H3,(H,14,15). The van der Waals surface area contributed by atoms with E-state index in [1.807, 2.05) is 13.8 Å². The average Bonchev–Trinajstić information content (AvgIpc) is 2.11. The lowest BCUT2D eigenvalue weighted by Gasteiger charge is -2.09. The van der Waals surface area contributed by atoms with Gasteiger partial charge in [0.15, 0.2) is 0 Å². The molecule has 1 aromatic heterocycles. The minimum Gasteiger partial charge on any atom is -0.481 e. The predicted molar refractivity (Wildman–Crippen MR) is 59.4 cm³/mol. The first kappa shape index (κ1) is 12.4. The molecule has 0 spiro atoms. The molecule has 0 bridgehead atoms. The van der Waals surface area contributed by atoms with Crippen LogP contribution in [-0.2, 0) is 17.8 Å². The van der Waals surface area contributed by atoms with E-state index in [9.17, 15) is 9.59 Å². The van der Waals surface area contributed by atoms with Crippen molar-refractivity contribution in [1.29, 1.82) is 0 Å². The van der Waals surface area contributed by atoms with Gasteiger partial charge in [0.25, 0.3) is 5.56 Å². The van der Waals surface area contributed by atoms with E-state index in [-0.39, 0.29) is 12.0 Å². The Bertz CT molecular complexity index is 449. The van der Waals surface area contributed by atoms with Gasteiger partial charge in [0.1, 0.15) is 0 Å². The first-order valence-electron chi connectivity index (χ1n) is 5.19. The molecular formula is C11H16N2O3. The lowest BCUT2D eigenvalue weighted by Crippen LogP contribution is -2.29. The van der Waals surface area contributed by atoms with Crippen molar-refractivity contribution in [3.05, 3.63) is 27.7 Å². The fourth-order valence-corrected chi connectivity index (χ4v) is 1.50. The van der Waals surface area contributed by atoms with Crippen molar-refractivity contribution in [2.45, 2.75) is 33.7 Å². The van der Waals surface area contributed by atoms with Crippen LogP contribution in [0.3, 0.4) is 0 Å². The molecule has 1 rings (SSSR count). The quantitative estimate of drug-likeness (QED) is 0.822. The Balaban J connectivity index is 3.15. The number of rotatable bonds is 4. The highest BCUT2D eigenvalue weighted by molar-refractivity contribution is 5.69. The highest BCUT2D eigenvalue weighted by atomic mass is 16.4. The minimum atomic E-state index is -1.00. The molecule has 1 N–H and O–H groups in total. The molecule has 5 nitrogen and oxygen atoms in total. The van der Waals surface area contributed by atoms with E-state index < -0.39 is 5.97 Å². The third kappa shape index (κ3) is 3.18. The van der Waals surface area contributed by atoms with E-state index in [1.54, 1.807) is 6.92 Å². The van der Waals surface area contributed by atoms with Gasteiger partial charge in [0.2, 0.25) is 0 Å². The van der Waals surface area contributed by atoms with Crippen molar-refractivity contribution < 1.29 is 9.90 Å². The molecule has 0 aromatic carbocycles. The number of hydrogen-bond donors (Lipinski definition) is 1. The molecule has 1 heterocycles. The number of aromatic nitrogens is 2. The van der Waals surface area contributed by atoms with Crippen LogP contribution in [0.2, 0.25) is 0 Å². The summed E-state index contributed by atoms with van der Waals surface area (Å²) in [5.41, 5.74) is 0.652. The maximum absolute atomic E-state index is 11.8. The molecule has 0 aliphatic rings. The minimum absolute atomic E-state index is 0.250. The van der Waals surface area contributed by atoms with Crippen LogP contribution < -0.4 is 5.56 Å². The Hall–Kier alpha value is -1.65. The van der Waals surface area contributed by atoms with Crippen LogP contribution in [-0.4, -0.2) is 20.9 Å². The third-order valence-electron chi connectivity index (χ3n) is 2.05. The molecular weight excluding hydrogens is 208 g/mol. The van der Waals surface area contributed by atoms with Crippen LogP contribution in [0, 0.1) is 12.8 Å². The number of carboxylic acid groups (broad SMARTS) is 1. The van der Waals surface area contributed by atoms with Gasteiger partial charge in [-0.2, -0.15) is 5.10 Å². The molecule has 1 aromatic rings. The van der Waals surface area contributed by atoms with Gasteiger partial charge in [-0.25, -0.2) is 4.68 Å². The van der Waals surface area contributed by atoms with Crippen LogP contribution in [0.25, 0.3) is 0 Å². The van der Waals surface area contributed by atoms with Gasteiger partial charge in [-0.3, -0.25) is 9.59 Å². The molecule has 5 heteroatoms. The Morgan fingerprint density at radius 2 is 2.19 bits per heavy atom. The summed E-state index contributed by atoms with van der Waals surface area (Å²) < 4.78 is 1.35. The SMILES string of the molecule is Cc1cc(CC(=O)O)c(=O)n(CC(C)C)n1. The van der Waals surface area contributed by atoms with E-state index in [1.165, 1.54) is 10.7 Å². The smallest absolute Gasteiger partial charge is 0.308 e. The van der Waals surface area contributed by atoms with Gasteiger partial charge in [0, 0.05) is 12.1 Å². The largest absolute Gasteiger partial charge is 0.481 e. The Labute approximate surface area is 93.7 Å². The second-order valence-corrected chi connectivity index (χ2v) is 4.26. The van der Waals surface area contributed by atoms with Crippen molar-refractivity contribution in [3.8, 4) is 0 Å². The molecule has 0 unspecified atom stereocenters. The average molecular weight is 224 g/mol. The van der Waals surface area contributed by atoms with Crippen molar-refractivity contribution in [1.82, 2.24) is 9.78 Å². The normalized spacial score (nSPS) is 10.8. The summed E-state index contributed by atoms with van der Waals surface area (Å²) in [7, 11) is 0. The highest BCUT2D eigenvalue weighted by Crippen LogP contribution is 2.00. The van der Waals surface area contributed by atoms with Crippen LogP contribution in [0.5, 0.6) is 0 Å². The fraction of sp³-hybridized carbons (Fsp3) is 0.545. The monoisotopic (exact) mass is 224 g/mol. The number of carboxylic acids is 1. The van der Waals surface area contributed by atoms with Gasteiger partial charge in [0.05, 0.1) is 12.1 Å². The third-order valence-corrected chi connectivity index (χ3v) is 2.05. The second-order valence-electron chi connectivity index (χ2n) is 4.26. The lowest BCUT2D eigenvalue weighted by atomic mass is 10.2. The molecule has 0 saturated carbocycles. The van der Waals surface area contributed by atoms with Crippen molar-refractivity contribution in [2.75, 3.05) is 0 Å². The van der Waals surface area contributed by atoms with E-state index in [4.69, 9.17) is 5.11 Å². The van der Waals surface area contributed by atoms with E-state index in [2.05, 4.69) is 5.10 Å². The highest BCUT2D eigenvalue weighted by Gasteiger charge is 2.10. The summed E-state index contributed by atoms with van der Waals surface area (Å²) in [6.45, 7) is 6.22. The van der Waals surface area contributed by atoms with Gasteiger partial charge in [-0.05, 0) is 18.9 Å². The van der Waals surface area contributed by atoms with Crippen LogP contribution >= 0.6 is 0 Å². The molecule has 16 heavy (non-hydrogen) atoms. The second kappa shape index (κ2) is 4.92. The van der Waals surface area contributed by atoms with Gasteiger partial charge < -0.3 is 5.11 Å². The molecule has 0 saturated heterocycles. The number of nitrogens with zero attached hydrogens (tertiary/aromatic N) is 2. The zero-order valence-corrected chi connectivity index (χ0v) is 9.73. The van der Waals surface area contributed by atoms with Gasteiger partial charge in [-0.1, -0.05) is 13.8 Å². The topological polar surface area (TPSA) is 72.2 Å². The summed E-state index contributed by atoms with van der Waals surface area (Å²) >= 11 is 0. The zero-order chi connectivity index (χ0) is 12.3. The molecule has 0 amide bonds. The Kier molecular flexibility index (Phi) is 3.82. The summed E-state index contributed by atoms with van der Waals surface area (Å²) in [5.74, 6) is -0.705. The maximum atomic E-state index is 11.8. The van der Waals surface area contributed by atoms with Crippen LogP contribution in [0.4, 0.5) is 0 Å². The number of aryl methyl sites for hydroxylation is 1. The molecule has 0 atom stereocenters. The number of aliphatic carboxylic acids is 1. The molecule has 0 aliphatic heterocycles. The van der Waals surface area contributed by atoms with Crippen molar-refractivity contribution in [3.63, 3.8) is 0 Å². The summed E-state index contributed by atoms with van der Waals surface area (Å²) in [6.07, 6.45) is -0.250. The fourth-order valence-electron chi connectivity index (χ4n) is 1.50.